The Balaban J connectivity index is 1.81. The van der Waals surface area contributed by atoms with Crippen LogP contribution in [0.15, 0.2) is 29.2 Å². The zero-order valence-corrected chi connectivity index (χ0v) is 16.4. The summed E-state index contributed by atoms with van der Waals surface area (Å²) in [4.78, 5) is 29.2. The number of nitrogens with zero attached hydrogens (tertiary/aromatic N) is 3. The minimum atomic E-state index is -3.63. The molecule has 0 radical (unpaired) electrons. The molecule has 0 saturated carbocycles. The van der Waals surface area contributed by atoms with Gasteiger partial charge in [-0.2, -0.15) is 0 Å². The molecule has 2 aliphatic rings. The third-order valence-corrected chi connectivity index (χ3v) is 6.79. The Kier molecular flexibility index (Phi) is 5.83. The van der Waals surface area contributed by atoms with Crippen LogP contribution >= 0.6 is 0 Å². The summed E-state index contributed by atoms with van der Waals surface area (Å²) >= 11 is 0. The van der Waals surface area contributed by atoms with Gasteiger partial charge in [-0.3, -0.25) is 9.59 Å². The summed E-state index contributed by atoms with van der Waals surface area (Å²) < 4.78 is 31.1. The highest BCUT2D eigenvalue weighted by Crippen LogP contribution is 2.24. The molecule has 0 aliphatic carbocycles. The fraction of sp³-hybridized carbons (Fsp3) is 0.556. The minimum Gasteiger partial charge on any atom is -0.378 e. The van der Waals surface area contributed by atoms with Crippen molar-refractivity contribution in [2.75, 3.05) is 46.9 Å². The molecule has 1 aromatic rings. The van der Waals surface area contributed by atoms with E-state index in [1.807, 2.05) is 0 Å². The number of hydrogen-bond acceptors (Lipinski definition) is 5. The van der Waals surface area contributed by atoms with Crippen LogP contribution in [0.5, 0.6) is 0 Å². The quantitative estimate of drug-likeness (QED) is 0.737. The number of rotatable bonds is 4. The summed E-state index contributed by atoms with van der Waals surface area (Å²) in [7, 11) is -0.738. The molecule has 1 atom stereocenters. The fourth-order valence-electron chi connectivity index (χ4n) is 3.43. The standard InChI is InChI=1S/C18H25N3O5S/c1-19(2)27(24,25)15-6-3-5-14(13-15)17(22)21-8-4-7-16(21)18(23)20-9-11-26-12-10-20/h3,5-6,13,16H,4,7-12H2,1-2H3. The summed E-state index contributed by atoms with van der Waals surface area (Å²) in [6.45, 7) is 2.58. The number of hydrogen-bond donors (Lipinski definition) is 0. The molecular weight excluding hydrogens is 370 g/mol. The SMILES string of the molecule is CN(C)S(=O)(=O)c1cccc(C(=O)N2CCCC2C(=O)N2CCOCC2)c1. The number of ether oxygens (including phenoxy) is 1. The van der Waals surface area contributed by atoms with Crippen LogP contribution in [0.2, 0.25) is 0 Å². The summed E-state index contributed by atoms with van der Waals surface area (Å²) in [5, 5.41) is 0. The fourth-order valence-corrected chi connectivity index (χ4v) is 4.38. The lowest BCUT2D eigenvalue weighted by molar-refractivity contribution is -0.139. The molecule has 0 bridgehead atoms. The average molecular weight is 395 g/mol. The molecule has 8 nitrogen and oxygen atoms in total. The van der Waals surface area contributed by atoms with Gasteiger partial charge in [-0.1, -0.05) is 6.07 Å². The lowest BCUT2D eigenvalue weighted by Gasteiger charge is -2.32. The highest BCUT2D eigenvalue weighted by atomic mass is 32.2. The van der Waals surface area contributed by atoms with Crippen LogP contribution in [0.25, 0.3) is 0 Å². The monoisotopic (exact) mass is 395 g/mol. The topological polar surface area (TPSA) is 87.2 Å². The van der Waals surface area contributed by atoms with Crippen LogP contribution in [0.1, 0.15) is 23.2 Å². The number of likely N-dealkylation sites (tertiary alicyclic amines) is 1. The zero-order valence-electron chi connectivity index (χ0n) is 15.6. The first kappa shape index (κ1) is 19.8. The number of carbonyl (C=O) groups is 2. The van der Waals surface area contributed by atoms with E-state index in [2.05, 4.69) is 0 Å². The average Bonchev–Trinajstić information content (AvgIpc) is 3.17. The maximum Gasteiger partial charge on any atom is 0.254 e. The molecule has 1 aromatic carbocycles. The smallest absolute Gasteiger partial charge is 0.254 e. The van der Waals surface area contributed by atoms with E-state index in [1.165, 1.54) is 26.2 Å². The van der Waals surface area contributed by atoms with E-state index in [-0.39, 0.29) is 22.3 Å². The van der Waals surface area contributed by atoms with Crippen molar-refractivity contribution >= 4 is 21.8 Å². The molecule has 3 rings (SSSR count). The molecular formula is C18H25N3O5S. The maximum absolute atomic E-state index is 13.0. The van der Waals surface area contributed by atoms with Crippen LogP contribution in [-0.2, 0) is 19.6 Å². The molecule has 0 spiro atoms. The first-order valence-corrected chi connectivity index (χ1v) is 10.5. The molecule has 9 heteroatoms. The first-order valence-electron chi connectivity index (χ1n) is 9.02. The molecule has 1 unspecified atom stereocenters. The number of benzene rings is 1. The summed E-state index contributed by atoms with van der Waals surface area (Å²) in [6, 6.07) is 5.49. The Hall–Kier alpha value is -1.97. The second-order valence-corrected chi connectivity index (χ2v) is 9.06. The maximum atomic E-state index is 13.0. The van der Waals surface area contributed by atoms with E-state index >= 15 is 0 Å². The van der Waals surface area contributed by atoms with Gasteiger partial charge in [-0.05, 0) is 31.0 Å². The predicted octanol–water partition coefficient (Wildman–Crippen LogP) is 0.400. The highest BCUT2D eigenvalue weighted by Gasteiger charge is 2.37. The number of carbonyl (C=O) groups excluding carboxylic acids is 2. The van der Waals surface area contributed by atoms with E-state index in [0.29, 0.717) is 39.3 Å². The van der Waals surface area contributed by atoms with E-state index in [4.69, 9.17) is 4.74 Å². The zero-order chi connectivity index (χ0) is 19.6. The Morgan fingerprint density at radius 1 is 1.15 bits per heavy atom. The Bertz CT molecular complexity index is 818. The normalized spacial score (nSPS) is 20.9. The van der Waals surface area contributed by atoms with Gasteiger partial charge in [0.15, 0.2) is 0 Å². The minimum absolute atomic E-state index is 0.0544. The van der Waals surface area contributed by atoms with Crippen molar-refractivity contribution < 1.29 is 22.7 Å². The van der Waals surface area contributed by atoms with Crippen LogP contribution in [0, 0.1) is 0 Å². The lowest BCUT2D eigenvalue weighted by Crippen LogP contribution is -2.51. The van der Waals surface area contributed by atoms with E-state index < -0.39 is 16.1 Å². The van der Waals surface area contributed by atoms with Crippen molar-refractivity contribution in [1.82, 2.24) is 14.1 Å². The molecule has 2 aliphatic heterocycles. The molecule has 2 fully saturated rings. The molecule has 2 heterocycles. The van der Waals surface area contributed by atoms with Gasteiger partial charge in [0.1, 0.15) is 6.04 Å². The van der Waals surface area contributed by atoms with Crippen LogP contribution in [0.3, 0.4) is 0 Å². The van der Waals surface area contributed by atoms with E-state index in [0.717, 1.165) is 10.7 Å². The van der Waals surface area contributed by atoms with Gasteiger partial charge in [0.05, 0.1) is 18.1 Å². The molecule has 2 amide bonds. The largest absolute Gasteiger partial charge is 0.378 e. The van der Waals surface area contributed by atoms with Gasteiger partial charge >= 0.3 is 0 Å². The van der Waals surface area contributed by atoms with Gasteiger partial charge in [0.25, 0.3) is 5.91 Å². The van der Waals surface area contributed by atoms with Crippen molar-refractivity contribution in [1.29, 1.82) is 0 Å². The van der Waals surface area contributed by atoms with Gasteiger partial charge < -0.3 is 14.5 Å². The third kappa shape index (κ3) is 3.99. The van der Waals surface area contributed by atoms with Gasteiger partial charge in [0, 0.05) is 39.3 Å². The highest BCUT2D eigenvalue weighted by molar-refractivity contribution is 7.89. The lowest BCUT2D eigenvalue weighted by atomic mass is 10.1. The molecule has 0 N–H and O–H groups in total. The molecule has 0 aromatic heterocycles. The van der Waals surface area contributed by atoms with Crippen molar-refractivity contribution in [2.24, 2.45) is 0 Å². The van der Waals surface area contributed by atoms with E-state index in [1.54, 1.807) is 21.9 Å². The summed E-state index contributed by atoms with van der Waals surface area (Å²) in [5.74, 6) is -0.365. The van der Waals surface area contributed by atoms with Crippen LogP contribution in [0.4, 0.5) is 0 Å². The Labute approximate surface area is 159 Å². The Morgan fingerprint density at radius 2 is 1.85 bits per heavy atom. The van der Waals surface area contributed by atoms with Crippen molar-refractivity contribution in [2.45, 2.75) is 23.8 Å². The van der Waals surface area contributed by atoms with Gasteiger partial charge in [-0.15, -0.1) is 0 Å². The third-order valence-electron chi connectivity index (χ3n) is 4.98. The number of amides is 2. The van der Waals surface area contributed by atoms with E-state index in [9.17, 15) is 18.0 Å². The summed E-state index contributed by atoms with van der Waals surface area (Å²) in [6.07, 6.45) is 1.37. The van der Waals surface area contributed by atoms with Crippen LogP contribution in [-0.4, -0.2) is 87.3 Å². The molecule has 2 saturated heterocycles. The second-order valence-electron chi connectivity index (χ2n) is 6.91. The number of morpholine rings is 1. The molecule has 27 heavy (non-hydrogen) atoms. The summed E-state index contributed by atoms with van der Waals surface area (Å²) in [5.41, 5.74) is 0.277. The van der Waals surface area contributed by atoms with Gasteiger partial charge in [-0.25, -0.2) is 12.7 Å². The first-order chi connectivity index (χ1) is 12.8. The van der Waals surface area contributed by atoms with Gasteiger partial charge in [0.2, 0.25) is 15.9 Å². The van der Waals surface area contributed by atoms with Crippen molar-refractivity contribution in [3.63, 3.8) is 0 Å². The molecule has 148 valence electrons. The predicted molar refractivity (Wildman–Crippen MR) is 98.8 cm³/mol. The van der Waals surface area contributed by atoms with Crippen molar-refractivity contribution in [3.8, 4) is 0 Å². The van der Waals surface area contributed by atoms with Crippen molar-refractivity contribution in [3.05, 3.63) is 29.8 Å². The second kappa shape index (κ2) is 7.95. The van der Waals surface area contributed by atoms with Crippen LogP contribution < -0.4 is 0 Å². The number of sulfonamides is 1. The Morgan fingerprint density at radius 3 is 2.52 bits per heavy atom.